The Morgan fingerprint density at radius 2 is 2.07 bits per heavy atom. The first-order valence-corrected chi connectivity index (χ1v) is 4.17. The molecule has 0 aromatic heterocycles. The maximum atomic E-state index is 12.9. The van der Waals surface area contributed by atoms with Crippen molar-refractivity contribution >= 4 is 11.9 Å². The van der Waals surface area contributed by atoms with E-state index in [2.05, 4.69) is 10.3 Å². The van der Waals surface area contributed by atoms with Crippen molar-refractivity contribution in [3.63, 3.8) is 0 Å². The molecule has 0 bridgehead atoms. The molecule has 0 aliphatic carbocycles. The molecule has 1 aromatic carbocycles. The van der Waals surface area contributed by atoms with E-state index in [1.165, 1.54) is 6.07 Å². The van der Waals surface area contributed by atoms with Gasteiger partial charge in [-0.3, -0.25) is 10.1 Å². The molecule has 0 saturated carbocycles. The summed E-state index contributed by atoms with van der Waals surface area (Å²) in [7, 11) is 0. The van der Waals surface area contributed by atoms with Crippen LogP contribution in [0.3, 0.4) is 0 Å². The van der Waals surface area contributed by atoms with Gasteiger partial charge in [0.05, 0.1) is 0 Å². The van der Waals surface area contributed by atoms with E-state index in [4.69, 9.17) is 5.73 Å². The molecule has 6 heteroatoms. The number of amides is 1. The Kier molecular flexibility index (Phi) is 2.11. The zero-order chi connectivity index (χ0) is 11.0. The highest BCUT2D eigenvalue weighted by Gasteiger charge is 2.27. The average Bonchev–Trinajstić information content (AvgIpc) is 2.50. The minimum Gasteiger partial charge on any atom is -0.370 e. The fourth-order valence-corrected chi connectivity index (χ4v) is 1.33. The first-order valence-electron chi connectivity index (χ1n) is 4.17. The summed E-state index contributed by atoms with van der Waals surface area (Å²) >= 11 is 0. The Hall–Kier alpha value is -1.98. The van der Waals surface area contributed by atoms with E-state index in [0.717, 1.165) is 12.1 Å². The molecule has 0 radical (unpaired) electrons. The fraction of sp³-hybridized carbons (Fsp3) is 0.111. The zero-order valence-corrected chi connectivity index (χ0v) is 7.50. The summed E-state index contributed by atoms with van der Waals surface area (Å²) in [4.78, 5) is 15.0. The number of hydrogen-bond donors (Lipinski definition) is 2. The summed E-state index contributed by atoms with van der Waals surface area (Å²) in [5, 5.41) is 2.27. The van der Waals surface area contributed by atoms with E-state index >= 15 is 0 Å². The number of halogens is 2. The third-order valence-electron chi connectivity index (χ3n) is 2.03. The van der Waals surface area contributed by atoms with E-state index in [1.54, 1.807) is 0 Å². The Balaban J connectivity index is 2.38. The van der Waals surface area contributed by atoms with Gasteiger partial charge in [0.15, 0.2) is 23.6 Å². The van der Waals surface area contributed by atoms with Crippen LogP contribution in [-0.4, -0.2) is 11.9 Å². The van der Waals surface area contributed by atoms with Gasteiger partial charge in [0.25, 0.3) is 5.91 Å². The zero-order valence-electron chi connectivity index (χ0n) is 7.50. The lowest BCUT2D eigenvalue weighted by molar-refractivity contribution is -0.120. The largest absolute Gasteiger partial charge is 0.370 e. The maximum Gasteiger partial charge on any atom is 0.256 e. The number of carbonyl (C=O) groups is 1. The number of nitrogens with zero attached hydrogens (tertiary/aromatic N) is 1. The number of benzene rings is 1. The topological polar surface area (TPSA) is 67.5 Å². The van der Waals surface area contributed by atoms with Crippen LogP contribution in [0.1, 0.15) is 11.6 Å². The molecule has 3 N–H and O–H groups in total. The number of carbonyl (C=O) groups excluding carboxylic acids is 1. The second kappa shape index (κ2) is 3.30. The van der Waals surface area contributed by atoms with Gasteiger partial charge in [-0.25, -0.2) is 13.8 Å². The van der Waals surface area contributed by atoms with E-state index in [0.29, 0.717) is 0 Å². The van der Waals surface area contributed by atoms with Gasteiger partial charge in [0.2, 0.25) is 0 Å². The van der Waals surface area contributed by atoms with Crippen LogP contribution < -0.4 is 11.1 Å². The third kappa shape index (κ3) is 1.65. The van der Waals surface area contributed by atoms with Crippen molar-refractivity contribution in [1.82, 2.24) is 5.32 Å². The number of nitrogens with one attached hydrogen (secondary N) is 1. The molecule has 1 amide bonds. The Morgan fingerprint density at radius 3 is 2.60 bits per heavy atom. The quantitative estimate of drug-likeness (QED) is 0.708. The van der Waals surface area contributed by atoms with Gasteiger partial charge in [-0.05, 0) is 17.7 Å². The lowest BCUT2D eigenvalue weighted by Crippen LogP contribution is -2.31. The van der Waals surface area contributed by atoms with Crippen molar-refractivity contribution < 1.29 is 13.6 Å². The molecule has 1 unspecified atom stereocenters. The Labute approximate surface area is 83.8 Å². The highest BCUT2D eigenvalue weighted by molar-refractivity contribution is 6.04. The molecule has 1 atom stereocenters. The summed E-state index contributed by atoms with van der Waals surface area (Å²) in [6.45, 7) is 0. The number of nitrogens with two attached hydrogens (primary N) is 1. The summed E-state index contributed by atoms with van der Waals surface area (Å²) in [6.07, 6.45) is 0. The third-order valence-corrected chi connectivity index (χ3v) is 2.03. The summed E-state index contributed by atoms with van der Waals surface area (Å²) < 4.78 is 25.5. The predicted molar refractivity (Wildman–Crippen MR) is 48.9 cm³/mol. The molecule has 1 heterocycles. The van der Waals surface area contributed by atoms with Crippen LogP contribution in [0.5, 0.6) is 0 Å². The Morgan fingerprint density at radius 1 is 1.33 bits per heavy atom. The molecule has 4 nitrogen and oxygen atoms in total. The molecule has 1 aliphatic rings. The molecule has 0 fully saturated rings. The number of hydrogen-bond acceptors (Lipinski definition) is 3. The first kappa shape index (κ1) is 9.57. The summed E-state index contributed by atoms with van der Waals surface area (Å²) in [5.74, 6) is -2.44. The molecule has 0 saturated heterocycles. The second-order valence-electron chi connectivity index (χ2n) is 3.08. The molecule has 1 aliphatic heterocycles. The van der Waals surface area contributed by atoms with E-state index < -0.39 is 23.6 Å². The van der Waals surface area contributed by atoms with Gasteiger partial charge < -0.3 is 5.73 Å². The lowest BCUT2D eigenvalue weighted by atomic mass is 10.1. The van der Waals surface area contributed by atoms with Crippen molar-refractivity contribution in [2.24, 2.45) is 10.7 Å². The normalized spacial score (nSPS) is 20.0. The van der Waals surface area contributed by atoms with Crippen molar-refractivity contribution in [3.8, 4) is 0 Å². The molecule has 2 rings (SSSR count). The fourth-order valence-electron chi connectivity index (χ4n) is 1.33. The van der Waals surface area contributed by atoms with Gasteiger partial charge in [-0.15, -0.1) is 0 Å². The van der Waals surface area contributed by atoms with Crippen LogP contribution in [-0.2, 0) is 4.79 Å². The first-order chi connectivity index (χ1) is 7.08. The summed E-state index contributed by atoms with van der Waals surface area (Å²) in [5.41, 5.74) is 5.54. The van der Waals surface area contributed by atoms with Crippen molar-refractivity contribution in [3.05, 3.63) is 35.4 Å². The van der Waals surface area contributed by atoms with E-state index in [1.807, 2.05) is 0 Å². The highest BCUT2D eigenvalue weighted by atomic mass is 19.2. The van der Waals surface area contributed by atoms with E-state index in [9.17, 15) is 13.6 Å². The van der Waals surface area contributed by atoms with Gasteiger partial charge >= 0.3 is 0 Å². The smallest absolute Gasteiger partial charge is 0.256 e. The SMILES string of the molecule is NC1=NC(c2ccc(F)c(F)c2)C(=O)N1. The molecule has 15 heavy (non-hydrogen) atoms. The van der Waals surface area contributed by atoms with Crippen LogP contribution >= 0.6 is 0 Å². The van der Waals surface area contributed by atoms with Gasteiger partial charge in [-0.1, -0.05) is 6.07 Å². The monoisotopic (exact) mass is 211 g/mol. The maximum absolute atomic E-state index is 12.9. The molecule has 78 valence electrons. The standard InChI is InChI=1S/C9H7F2N3O/c10-5-2-1-4(3-6(5)11)7-8(15)14-9(12)13-7/h1-3,7H,(H3,12,13,14,15). The van der Waals surface area contributed by atoms with Crippen molar-refractivity contribution in [2.75, 3.05) is 0 Å². The minimum absolute atomic E-state index is 0.0188. The number of guanidine groups is 1. The van der Waals surface area contributed by atoms with Gasteiger partial charge in [0, 0.05) is 0 Å². The lowest BCUT2D eigenvalue weighted by Gasteiger charge is -2.04. The van der Waals surface area contributed by atoms with Crippen LogP contribution in [0.15, 0.2) is 23.2 Å². The van der Waals surface area contributed by atoms with Gasteiger partial charge in [0.1, 0.15) is 0 Å². The van der Waals surface area contributed by atoms with Gasteiger partial charge in [-0.2, -0.15) is 0 Å². The Bertz CT molecular complexity index is 459. The predicted octanol–water partition coefficient (Wildman–Crippen LogP) is 0.450. The second-order valence-corrected chi connectivity index (χ2v) is 3.08. The van der Waals surface area contributed by atoms with Crippen LogP contribution in [0.4, 0.5) is 8.78 Å². The van der Waals surface area contributed by atoms with Crippen LogP contribution in [0, 0.1) is 11.6 Å². The number of aliphatic imine (C=N–C) groups is 1. The van der Waals surface area contributed by atoms with Crippen molar-refractivity contribution in [1.29, 1.82) is 0 Å². The van der Waals surface area contributed by atoms with Crippen molar-refractivity contribution in [2.45, 2.75) is 6.04 Å². The molecular formula is C9H7F2N3O. The minimum atomic E-state index is -1.01. The van der Waals surface area contributed by atoms with Crippen LogP contribution in [0.25, 0.3) is 0 Å². The molecule has 0 spiro atoms. The molecular weight excluding hydrogens is 204 g/mol. The molecule has 1 aromatic rings. The van der Waals surface area contributed by atoms with Crippen LogP contribution in [0.2, 0.25) is 0 Å². The average molecular weight is 211 g/mol. The summed E-state index contributed by atoms with van der Waals surface area (Å²) in [6, 6.07) is 2.29. The highest BCUT2D eigenvalue weighted by Crippen LogP contribution is 2.22. The number of rotatable bonds is 1. The van der Waals surface area contributed by atoms with E-state index in [-0.39, 0.29) is 11.5 Å².